The van der Waals surface area contributed by atoms with Crippen molar-refractivity contribution in [2.75, 3.05) is 12.4 Å². The van der Waals surface area contributed by atoms with Gasteiger partial charge in [0.05, 0.1) is 7.11 Å². The number of benzene rings is 1. The van der Waals surface area contributed by atoms with Crippen LogP contribution in [0.1, 0.15) is 30.1 Å². The molecule has 0 saturated heterocycles. The quantitative estimate of drug-likeness (QED) is 0.844. The van der Waals surface area contributed by atoms with Crippen molar-refractivity contribution in [3.63, 3.8) is 0 Å². The molecule has 6 heteroatoms. The molecule has 1 aromatic carbocycles. The number of methoxy groups -OCH3 is 1. The molecule has 1 amide bonds. The number of halogens is 1. The Morgan fingerprint density at radius 3 is 2.55 bits per heavy atom. The highest BCUT2D eigenvalue weighted by atomic mass is 32.1. The van der Waals surface area contributed by atoms with E-state index < -0.39 is 5.97 Å². The maximum Gasteiger partial charge on any atom is 0.341 e. The Morgan fingerprint density at radius 1 is 1.27 bits per heavy atom. The predicted molar refractivity (Wildman–Crippen MR) is 84.6 cm³/mol. The highest BCUT2D eigenvalue weighted by Crippen LogP contribution is 2.36. The van der Waals surface area contributed by atoms with Crippen LogP contribution in [0.3, 0.4) is 0 Å². The van der Waals surface area contributed by atoms with E-state index in [0.29, 0.717) is 28.1 Å². The zero-order chi connectivity index (χ0) is 16.1. The summed E-state index contributed by atoms with van der Waals surface area (Å²) in [5, 5.41) is 4.93. The maximum absolute atomic E-state index is 13.0. The van der Waals surface area contributed by atoms with Crippen LogP contribution < -0.4 is 5.32 Å². The molecule has 0 fully saturated rings. The number of hydrogen-bond acceptors (Lipinski definition) is 4. The van der Waals surface area contributed by atoms with Crippen molar-refractivity contribution in [1.29, 1.82) is 0 Å². The first-order valence-corrected chi connectivity index (χ1v) is 7.70. The first kappa shape index (κ1) is 16.2. The van der Waals surface area contributed by atoms with Crippen LogP contribution in [0.15, 0.2) is 29.6 Å². The normalized spacial score (nSPS) is 10.3. The molecule has 1 heterocycles. The third-order valence-electron chi connectivity index (χ3n) is 3.07. The Morgan fingerprint density at radius 2 is 1.95 bits per heavy atom. The highest BCUT2D eigenvalue weighted by molar-refractivity contribution is 7.15. The number of esters is 1. The predicted octanol–water partition coefficient (Wildman–Crippen LogP) is 4.08. The summed E-state index contributed by atoms with van der Waals surface area (Å²) in [7, 11) is 1.28. The van der Waals surface area contributed by atoms with Gasteiger partial charge in [0.2, 0.25) is 5.91 Å². The van der Waals surface area contributed by atoms with Crippen LogP contribution in [0.2, 0.25) is 0 Å². The van der Waals surface area contributed by atoms with Gasteiger partial charge in [-0.1, -0.05) is 19.1 Å². The van der Waals surface area contributed by atoms with Gasteiger partial charge in [0.15, 0.2) is 0 Å². The van der Waals surface area contributed by atoms with Gasteiger partial charge in [-0.2, -0.15) is 0 Å². The van der Waals surface area contributed by atoms with Crippen LogP contribution >= 0.6 is 11.3 Å². The number of hydrogen-bond donors (Lipinski definition) is 1. The highest BCUT2D eigenvalue weighted by Gasteiger charge is 2.22. The molecule has 2 rings (SSSR count). The van der Waals surface area contributed by atoms with Crippen LogP contribution in [0.25, 0.3) is 11.1 Å². The van der Waals surface area contributed by atoms with Gasteiger partial charge in [0, 0.05) is 17.4 Å². The van der Waals surface area contributed by atoms with Crippen LogP contribution in [0, 0.1) is 5.82 Å². The largest absolute Gasteiger partial charge is 0.465 e. The van der Waals surface area contributed by atoms with Gasteiger partial charge < -0.3 is 10.1 Å². The molecule has 0 aliphatic carbocycles. The lowest BCUT2D eigenvalue weighted by atomic mass is 10.0. The molecule has 22 heavy (non-hydrogen) atoms. The van der Waals surface area contributed by atoms with Gasteiger partial charge in [0.1, 0.15) is 16.4 Å². The van der Waals surface area contributed by atoms with Crippen molar-refractivity contribution in [3.05, 3.63) is 41.0 Å². The molecule has 0 saturated carbocycles. The van der Waals surface area contributed by atoms with Crippen molar-refractivity contribution in [2.45, 2.75) is 19.8 Å². The van der Waals surface area contributed by atoms with Gasteiger partial charge in [-0.3, -0.25) is 4.79 Å². The van der Waals surface area contributed by atoms with Crippen LogP contribution in [-0.2, 0) is 9.53 Å². The summed E-state index contributed by atoms with van der Waals surface area (Å²) in [4.78, 5) is 23.8. The molecule has 0 aliphatic heterocycles. The van der Waals surface area contributed by atoms with E-state index in [2.05, 4.69) is 5.32 Å². The van der Waals surface area contributed by atoms with E-state index in [-0.39, 0.29) is 11.7 Å². The molecule has 4 nitrogen and oxygen atoms in total. The Hall–Kier alpha value is -2.21. The molecule has 0 aliphatic rings. The second kappa shape index (κ2) is 7.17. The number of amides is 1. The molecule has 0 atom stereocenters. The van der Waals surface area contributed by atoms with Crippen molar-refractivity contribution in [3.8, 4) is 11.1 Å². The fraction of sp³-hybridized carbons (Fsp3) is 0.250. The second-order valence-corrected chi connectivity index (χ2v) is 5.53. The third kappa shape index (κ3) is 3.51. The lowest BCUT2D eigenvalue weighted by Gasteiger charge is -2.07. The topological polar surface area (TPSA) is 55.4 Å². The molecule has 0 radical (unpaired) electrons. The summed E-state index contributed by atoms with van der Waals surface area (Å²) in [6.45, 7) is 1.90. The maximum atomic E-state index is 13.0. The molecule has 0 bridgehead atoms. The minimum Gasteiger partial charge on any atom is -0.465 e. The number of rotatable bonds is 5. The standard InChI is InChI=1S/C16H16FNO3S/c1-3-4-13(19)18-15-14(16(20)21-2)12(9-22-15)10-5-7-11(17)8-6-10/h5-9H,3-4H2,1-2H3,(H,18,19). The van der Waals surface area contributed by atoms with Gasteiger partial charge in [0.25, 0.3) is 0 Å². The Bertz CT molecular complexity index is 679. The minimum atomic E-state index is -0.535. The third-order valence-corrected chi connectivity index (χ3v) is 3.96. The lowest BCUT2D eigenvalue weighted by Crippen LogP contribution is -2.13. The number of thiophene rings is 1. The number of ether oxygens (including phenoxy) is 1. The molecular weight excluding hydrogens is 305 g/mol. The van der Waals surface area contributed by atoms with Gasteiger partial charge in [-0.05, 0) is 24.1 Å². The van der Waals surface area contributed by atoms with Crippen molar-refractivity contribution in [2.24, 2.45) is 0 Å². The van der Waals surface area contributed by atoms with Crippen LogP contribution in [0.5, 0.6) is 0 Å². The molecule has 2 aromatic rings. The second-order valence-electron chi connectivity index (χ2n) is 4.65. The molecular formula is C16H16FNO3S. The number of anilines is 1. The van der Waals surface area contributed by atoms with E-state index in [1.807, 2.05) is 6.92 Å². The average Bonchev–Trinajstić information content (AvgIpc) is 2.91. The zero-order valence-electron chi connectivity index (χ0n) is 12.3. The van der Waals surface area contributed by atoms with Crippen molar-refractivity contribution in [1.82, 2.24) is 0 Å². The summed E-state index contributed by atoms with van der Waals surface area (Å²) in [5.41, 5.74) is 1.60. The molecule has 1 aromatic heterocycles. The first-order chi connectivity index (χ1) is 10.6. The van der Waals surface area contributed by atoms with Crippen molar-refractivity contribution < 1.29 is 18.7 Å². The summed E-state index contributed by atoms with van der Waals surface area (Å²) < 4.78 is 17.8. The van der Waals surface area contributed by atoms with Crippen LogP contribution in [-0.4, -0.2) is 19.0 Å². The fourth-order valence-corrected chi connectivity index (χ4v) is 2.99. The number of nitrogens with one attached hydrogen (secondary N) is 1. The number of carbonyl (C=O) groups excluding carboxylic acids is 2. The van der Waals surface area contributed by atoms with Gasteiger partial charge in [-0.15, -0.1) is 11.3 Å². The lowest BCUT2D eigenvalue weighted by molar-refractivity contribution is -0.116. The Labute approximate surface area is 131 Å². The molecule has 0 spiro atoms. The van der Waals surface area contributed by atoms with Gasteiger partial charge in [-0.25, -0.2) is 9.18 Å². The number of carbonyl (C=O) groups is 2. The van der Waals surface area contributed by atoms with E-state index >= 15 is 0 Å². The zero-order valence-corrected chi connectivity index (χ0v) is 13.1. The smallest absolute Gasteiger partial charge is 0.341 e. The van der Waals surface area contributed by atoms with Crippen molar-refractivity contribution >= 4 is 28.2 Å². The van der Waals surface area contributed by atoms with Crippen LogP contribution in [0.4, 0.5) is 9.39 Å². The summed E-state index contributed by atoms with van der Waals surface area (Å²) >= 11 is 1.25. The summed E-state index contributed by atoms with van der Waals surface area (Å²) in [6.07, 6.45) is 1.10. The molecule has 1 N–H and O–H groups in total. The molecule has 116 valence electrons. The van der Waals surface area contributed by atoms with E-state index in [1.54, 1.807) is 17.5 Å². The van der Waals surface area contributed by atoms with E-state index in [0.717, 1.165) is 6.42 Å². The summed E-state index contributed by atoms with van der Waals surface area (Å²) in [5.74, 6) is -1.04. The Kier molecular flexibility index (Phi) is 5.27. The SMILES string of the molecule is CCCC(=O)Nc1scc(-c2ccc(F)cc2)c1C(=O)OC. The summed E-state index contributed by atoms with van der Waals surface area (Å²) in [6, 6.07) is 5.82. The van der Waals surface area contributed by atoms with E-state index in [9.17, 15) is 14.0 Å². The average molecular weight is 321 g/mol. The van der Waals surface area contributed by atoms with E-state index in [4.69, 9.17) is 4.74 Å². The fourth-order valence-electron chi connectivity index (χ4n) is 2.01. The Balaban J connectivity index is 2.42. The monoisotopic (exact) mass is 321 g/mol. The minimum absolute atomic E-state index is 0.153. The van der Waals surface area contributed by atoms with E-state index in [1.165, 1.54) is 30.6 Å². The first-order valence-electron chi connectivity index (χ1n) is 6.82. The molecule has 0 unspecified atom stereocenters. The van der Waals surface area contributed by atoms with Gasteiger partial charge >= 0.3 is 5.97 Å².